The van der Waals surface area contributed by atoms with Crippen molar-refractivity contribution in [2.75, 3.05) is 102 Å². The van der Waals surface area contributed by atoms with Crippen molar-refractivity contribution in [3.63, 3.8) is 0 Å². The molecule has 496 valence electrons. The maximum atomic E-state index is 15.1. The standard InChI is InChI=1S/C16H17F2N5O2S.C12H23FN2O4S.C11H21FN2O2.C9H3ClFN3.C7H15FN2O2S/c1-26(24,25)22-8-16(18)3-2-4-23(9-16)15-12-5-11(7-19)13(17)6-14(12)20-10-21-15;1-11(2,3)19-10(16)15-7-5-6-12(13,9-15)8-14-20(4,17)18;1-10(2,3)16-9(15)14-6-4-5-11(12,7-13)8-14;10-9-6-1-5(3-12)7(11)2-8(6)13-4-14-9;1-13(11,12)10-6-7(8)3-2-4-9-5-7/h5-6,10,22H,2-4,8-9H2,1H3;14H,5-9H2,1-4H3;4-8,13H2,1-3H3;1-2,4H;9-10H,2-6H2,1H3. The number of rotatable bonds is 11. The van der Waals surface area contributed by atoms with Gasteiger partial charge >= 0.3 is 12.2 Å². The van der Waals surface area contributed by atoms with Gasteiger partial charge in [-0.2, -0.15) is 10.5 Å². The predicted molar refractivity (Wildman–Crippen MR) is 324 cm³/mol. The zero-order valence-electron chi connectivity index (χ0n) is 51.2. The average Bonchev–Trinajstić information content (AvgIpc) is 1.02. The van der Waals surface area contributed by atoms with Crippen molar-refractivity contribution in [2.45, 2.75) is 127 Å². The molecule has 4 aliphatic rings. The van der Waals surface area contributed by atoms with Crippen LogP contribution in [0.1, 0.15) is 104 Å². The molecule has 4 saturated heterocycles. The lowest BCUT2D eigenvalue weighted by Gasteiger charge is -2.38. The molecule has 2 amide bonds. The predicted octanol–water partition coefficient (Wildman–Crippen LogP) is 6.38. The molecule has 0 aliphatic carbocycles. The quantitative estimate of drug-likeness (QED) is 0.0803. The van der Waals surface area contributed by atoms with E-state index >= 15 is 4.39 Å². The summed E-state index contributed by atoms with van der Waals surface area (Å²) in [6, 6.07) is 8.50. The van der Waals surface area contributed by atoms with Crippen LogP contribution < -0.4 is 30.1 Å². The lowest BCUT2D eigenvalue weighted by atomic mass is 9.94. The summed E-state index contributed by atoms with van der Waals surface area (Å²) in [6.07, 6.45) is 8.09. The molecular formula is C55H79ClF6N14O10S3. The van der Waals surface area contributed by atoms with Gasteiger partial charge in [0.05, 0.1) is 60.6 Å². The highest BCUT2D eigenvalue weighted by molar-refractivity contribution is 7.89. The van der Waals surface area contributed by atoms with E-state index in [4.69, 9.17) is 37.3 Å². The van der Waals surface area contributed by atoms with Crippen LogP contribution in [0.15, 0.2) is 36.9 Å². The third-order valence-electron chi connectivity index (χ3n) is 13.5. The van der Waals surface area contributed by atoms with Gasteiger partial charge in [-0.05, 0) is 112 Å². The van der Waals surface area contributed by atoms with E-state index in [1.54, 1.807) is 58.6 Å². The number of carbonyl (C=O) groups is 2. The molecule has 0 spiro atoms. The van der Waals surface area contributed by atoms with Crippen molar-refractivity contribution in [3.05, 3.63) is 64.8 Å². The van der Waals surface area contributed by atoms with E-state index in [-0.39, 0.29) is 81.5 Å². The molecular weight excluding hydrogens is 1260 g/mol. The Morgan fingerprint density at radius 1 is 0.629 bits per heavy atom. The Kier molecular flexibility index (Phi) is 26.5. The van der Waals surface area contributed by atoms with Gasteiger partial charge in [-0.25, -0.2) is 95.3 Å². The summed E-state index contributed by atoms with van der Waals surface area (Å²) in [4.78, 5) is 43.7. The van der Waals surface area contributed by atoms with E-state index < -0.39 is 87.8 Å². The first-order valence-corrected chi connectivity index (χ1v) is 34.1. The highest BCUT2D eigenvalue weighted by atomic mass is 35.5. The molecule has 89 heavy (non-hydrogen) atoms. The number of amides is 2. The molecule has 6 N–H and O–H groups in total. The summed E-state index contributed by atoms with van der Waals surface area (Å²) in [7, 11) is -10.2. The first kappa shape index (κ1) is 75.4. The number of nitrogens with zero attached hydrogens (tertiary/aromatic N) is 9. The van der Waals surface area contributed by atoms with Crippen molar-refractivity contribution in [1.82, 2.24) is 49.2 Å². The van der Waals surface area contributed by atoms with Gasteiger partial charge in [-0.15, -0.1) is 0 Å². The lowest BCUT2D eigenvalue weighted by molar-refractivity contribution is -0.00396. The van der Waals surface area contributed by atoms with Crippen molar-refractivity contribution < 1.29 is 70.7 Å². The summed E-state index contributed by atoms with van der Waals surface area (Å²) >= 11 is 5.76. The van der Waals surface area contributed by atoms with E-state index in [1.165, 1.54) is 40.7 Å². The Morgan fingerprint density at radius 3 is 1.47 bits per heavy atom. The topological polar surface area (TPSA) is 338 Å². The van der Waals surface area contributed by atoms with Gasteiger partial charge in [0.2, 0.25) is 30.1 Å². The lowest BCUT2D eigenvalue weighted by Crippen LogP contribution is -2.53. The molecule has 6 heterocycles. The number of sulfonamides is 3. The highest BCUT2D eigenvalue weighted by Crippen LogP contribution is 2.33. The maximum absolute atomic E-state index is 15.1. The van der Waals surface area contributed by atoms with Crippen LogP contribution in [0.25, 0.3) is 21.8 Å². The highest BCUT2D eigenvalue weighted by Gasteiger charge is 2.41. The molecule has 4 fully saturated rings. The summed E-state index contributed by atoms with van der Waals surface area (Å²) in [5.41, 5.74) is -1.68. The van der Waals surface area contributed by atoms with E-state index in [2.05, 4.69) is 39.4 Å². The van der Waals surface area contributed by atoms with Crippen LogP contribution in [0.3, 0.4) is 0 Å². The Morgan fingerprint density at radius 2 is 1.03 bits per heavy atom. The Hall–Kier alpha value is -6.04. The van der Waals surface area contributed by atoms with Crippen molar-refractivity contribution in [2.24, 2.45) is 5.73 Å². The first-order chi connectivity index (χ1) is 41.0. The van der Waals surface area contributed by atoms with Gasteiger partial charge in [0.25, 0.3) is 0 Å². The van der Waals surface area contributed by atoms with E-state index in [9.17, 15) is 56.8 Å². The minimum Gasteiger partial charge on any atom is -0.444 e. The van der Waals surface area contributed by atoms with E-state index in [0.29, 0.717) is 79.4 Å². The van der Waals surface area contributed by atoms with Crippen molar-refractivity contribution >= 4 is 81.5 Å². The zero-order valence-corrected chi connectivity index (χ0v) is 54.4. The fourth-order valence-corrected chi connectivity index (χ4v) is 11.0. The Balaban J connectivity index is 0.000000244. The molecule has 2 aromatic heterocycles. The number of fused-ring (bicyclic) bond motifs is 2. The number of carbonyl (C=O) groups excluding carboxylic acids is 2. The van der Waals surface area contributed by atoms with E-state index in [0.717, 1.165) is 37.8 Å². The molecule has 24 nitrogen and oxygen atoms in total. The summed E-state index contributed by atoms with van der Waals surface area (Å²) in [6.45, 7) is 12.1. The van der Waals surface area contributed by atoms with Gasteiger partial charge < -0.3 is 35.2 Å². The fraction of sp³-hybridized carbons (Fsp3) is 0.636. The summed E-state index contributed by atoms with van der Waals surface area (Å²) in [5.74, 6) is -0.886. The average molecular weight is 1340 g/mol. The fourth-order valence-electron chi connectivity index (χ4n) is 9.26. The van der Waals surface area contributed by atoms with Crippen LogP contribution in [0.2, 0.25) is 5.15 Å². The van der Waals surface area contributed by atoms with Crippen LogP contribution in [0, 0.1) is 34.3 Å². The molecule has 4 unspecified atom stereocenters. The number of hydrogen-bond donors (Lipinski definition) is 5. The third-order valence-corrected chi connectivity index (χ3v) is 15.9. The van der Waals surface area contributed by atoms with Gasteiger partial charge in [-0.1, -0.05) is 11.6 Å². The van der Waals surface area contributed by atoms with Crippen LogP contribution in [-0.2, 0) is 39.5 Å². The number of likely N-dealkylation sites (tertiary alicyclic amines) is 2. The molecule has 0 radical (unpaired) electrons. The Labute approximate surface area is 521 Å². The molecule has 4 aromatic rings. The van der Waals surface area contributed by atoms with Gasteiger partial charge in [-0.3, -0.25) is 0 Å². The minimum absolute atomic E-state index is 0.0401. The number of alkyl halides is 4. The third kappa shape index (κ3) is 26.0. The number of ether oxygens (including phenoxy) is 2. The number of nitrogens with two attached hydrogens (primary N) is 1. The smallest absolute Gasteiger partial charge is 0.410 e. The largest absolute Gasteiger partial charge is 0.444 e. The molecule has 0 saturated carbocycles. The van der Waals surface area contributed by atoms with Gasteiger partial charge in [0.1, 0.15) is 81.3 Å². The van der Waals surface area contributed by atoms with Crippen LogP contribution in [0.4, 0.5) is 41.7 Å². The number of aromatic nitrogens is 4. The number of piperidine rings is 4. The second-order valence-electron chi connectivity index (χ2n) is 24.2. The number of halogens is 7. The first-order valence-electron chi connectivity index (χ1n) is 28.1. The normalized spacial score (nSPS) is 22.4. The number of anilines is 1. The maximum Gasteiger partial charge on any atom is 0.410 e. The van der Waals surface area contributed by atoms with Gasteiger partial charge in [0, 0.05) is 75.3 Å². The Bertz CT molecular complexity index is 3540. The van der Waals surface area contributed by atoms with Crippen LogP contribution in [-0.4, -0.2) is 198 Å². The van der Waals surface area contributed by atoms with Crippen LogP contribution in [0.5, 0.6) is 0 Å². The van der Waals surface area contributed by atoms with Gasteiger partial charge in [0.15, 0.2) is 0 Å². The second kappa shape index (κ2) is 31.3. The monoisotopic (exact) mass is 1340 g/mol. The van der Waals surface area contributed by atoms with Crippen molar-refractivity contribution in [1.29, 1.82) is 10.5 Å². The number of nitrogens with one attached hydrogen (secondary N) is 4. The molecule has 4 aliphatic heterocycles. The second-order valence-corrected chi connectivity index (χ2v) is 30.0. The SMILES string of the molecule is CC(C)(C)OC(=O)N1CCCC(F)(CN)C1.CC(C)(C)OC(=O)N1CCCC(F)(CNS(C)(=O)=O)C1.CS(=O)(=O)NCC1(F)CCCN(c2ncnc3cc(F)c(C#N)cc23)C1.CS(=O)(=O)NCC1(F)CCCNC1.N#Cc1cc2c(Cl)ncnc2cc1F. The summed E-state index contributed by atoms with van der Waals surface area (Å²) in [5, 5.41) is 21.7. The molecule has 2 aromatic carbocycles. The molecule has 0 bridgehead atoms. The van der Waals surface area contributed by atoms with Crippen molar-refractivity contribution in [3.8, 4) is 12.1 Å². The number of benzene rings is 2. The number of nitriles is 2. The zero-order chi connectivity index (χ0) is 67.0. The molecule has 4 atom stereocenters. The number of hydrogen-bond acceptors (Lipinski definition) is 19. The van der Waals surface area contributed by atoms with Crippen LogP contribution >= 0.6 is 11.6 Å². The van der Waals surface area contributed by atoms with E-state index in [1.807, 2.05) is 0 Å². The molecule has 8 rings (SSSR count). The minimum atomic E-state index is -3.50. The molecule has 34 heteroatoms. The summed E-state index contributed by atoms with van der Waals surface area (Å²) < 4.78 is 167.